The summed E-state index contributed by atoms with van der Waals surface area (Å²) in [5.41, 5.74) is 35.3. The van der Waals surface area contributed by atoms with Crippen LogP contribution >= 0.6 is 0 Å². The molecule has 0 N–H and O–H groups in total. The van der Waals surface area contributed by atoms with E-state index in [1.165, 1.54) is 170 Å². The minimum Gasteiger partial charge on any atom is -0.310 e. The summed E-state index contributed by atoms with van der Waals surface area (Å²) in [5, 5.41) is 14.9. The summed E-state index contributed by atoms with van der Waals surface area (Å²) >= 11 is 0. The second-order valence-corrected chi connectivity index (χ2v) is 36.6. The fraction of sp³-hybridized carbons (Fsp3) is 0. The van der Waals surface area contributed by atoms with Crippen LogP contribution in [0, 0.1) is 0 Å². The van der Waals surface area contributed by atoms with Crippen molar-refractivity contribution >= 4 is 149 Å². The summed E-state index contributed by atoms with van der Waals surface area (Å²) in [4.78, 5) is 7.15. The molecule has 24 aromatic carbocycles. The third-order valence-corrected chi connectivity index (χ3v) is 28.1. The Morgan fingerprint density at radius 2 is 0.361 bits per heavy atom. The number of rotatable bonds is 18. The zero-order valence-corrected chi connectivity index (χ0v) is 79.1. The van der Waals surface area contributed by atoms with Gasteiger partial charge in [0.05, 0.1) is 38.8 Å². The third-order valence-electron chi connectivity index (χ3n) is 28.1. The number of hydrogen-bond donors (Lipinski definition) is 0. The van der Waals surface area contributed by atoms with Gasteiger partial charge in [0.25, 0.3) is 0 Å². The predicted octanol–water partition coefficient (Wildman–Crippen LogP) is 38.2. The summed E-state index contributed by atoms with van der Waals surface area (Å²) in [7, 11) is 0. The topological polar surface area (TPSA) is 24.5 Å². The lowest BCUT2D eigenvalue weighted by Gasteiger charge is -2.27. The molecule has 0 amide bonds. The van der Waals surface area contributed by atoms with Crippen LogP contribution < -0.4 is 14.7 Å². The largest absolute Gasteiger partial charge is 0.310 e. The number of hydrogen-bond acceptors (Lipinski definition) is 3. The van der Waals surface area contributed by atoms with Gasteiger partial charge in [0.2, 0.25) is 0 Å². The molecule has 0 unspecified atom stereocenters. The van der Waals surface area contributed by atoms with E-state index >= 15 is 0 Å². The van der Waals surface area contributed by atoms with Gasteiger partial charge in [0.15, 0.2) is 0 Å². The molecule has 27 rings (SSSR count). The molecule has 0 spiro atoms. The number of para-hydroxylation sites is 6. The Morgan fingerprint density at radius 3 is 0.701 bits per heavy atom. The molecule has 0 aliphatic heterocycles. The molecule has 0 fully saturated rings. The van der Waals surface area contributed by atoms with Gasteiger partial charge in [-0.3, -0.25) is 0 Å². The SMILES string of the molecule is c1ccc(-c2ccc(N(c3ccc(-c4ccccc4)cc3)c3ccc4c(ccc5c4c4ccccc4n5-c4ccccc4)c3)cc2)cc1.c1ccc(-c2ccc(N(c3ccc(-c4ccccc4)cc3)c3ccc4ccc5c(c4c3)c3ccccc3n5-c3ccccc3)cc2)cc1.c1ccc(-c2ccc(N(c3ccc(-c4ccccc4)cc3)c3cccc4ccc5c(c6ccccc6n5-c5ccccc5)c34)cc2)cc1. The molecule has 0 radical (unpaired) electrons. The minimum absolute atomic E-state index is 1.11. The second kappa shape index (κ2) is 38.3. The molecule has 6 nitrogen and oxygen atoms in total. The lowest BCUT2D eigenvalue weighted by Crippen LogP contribution is -2.10. The maximum atomic E-state index is 2.42. The van der Waals surface area contributed by atoms with Crippen LogP contribution in [0.5, 0.6) is 0 Å². The summed E-state index contributed by atoms with van der Waals surface area (Å²) in [6, 6.07) is 209. The lowest BCUT2D eigenvalue weighted by molar-refractivity contribution is 1.18. The van der Waals surface area contributed by atoms with E-state index in [2.05, 4.69) is 611 Å². The van der Waals surface area contributed by atoms with Crippen LogP contribution in [0.4, 0.5) is 51.2 Å². The monoisotopic (exact) mass is 1840 g/mol. The van der Waals surface area contributed by atoms with Crippen LogP contribution in [-0.4, -0.2) is 13.7 Å². The quantitative estimate of drug-likeness (QED) is 0.0856. The first-order valence-corrected chi connectivity index (χ1v) is 49.3. The summed E-state index contributed by atoms with van der Waals surface area (Å²) in [6.07, 6.45) is 0. The zero-order chi connectivity index (χ0) is 95.6. The van der Waals surface area contributed by atoms with Gasteiger partial charge in [0.1, 0.15) is 0 Å². The molecule has 0 saturated heterocycles. The van der Waals surface area contributed by atoms with E-state index in [1.807, 2.05) is 0 Å². The Balaban J connectivity index is 0.000000113. The highest BCUT2D eigenvalue weighted by Crippen LogP contribution is 2.50. The number of benzene rings is 24. The van der Waals surface area contributed by atoms with Crippen LogP contribution in [-0.2, 0) is 0 Å². The first kappa shape index (κ1) is 86.4. The van der Waals surface area contributed by atoms with Gasteiger partial charge in [0, 0.05) is 100 Å². The molecule has 0 aliphatic carbocycles. The van der Waals surface area contributed by atoms with Crippen LogP contribution in [0.25, 0.3) is 182 Å². The highest BCUT2D eigenvalue weighted by molar-refractivity contribution is 6.27. The van der Waals surface area contributed by atoms with Crippen molar-refractivity contribution in [2.24, 2.45) is 0 Å². The highest BCUT2D eigenvalue weighted by atomic mass is 15.2. The van der Waals surface area contributed by atoms with Gasteiger partial charge < -0.3 is 28.4 Å². The van der Waals surface area contributed by atoms with Gasteiger partial charge in [-0.15, -0.1) is 0 Å². The molecule has 3 aromatic heterocycles. The Labute approximate surface area is 837 Å². The standard InChI is InChI=1S/3C46H32N2/c1-4-13-33(14-5-1)35-23-28-39(29-24-35)47(40-30-25-36(26-31-40)34-15-6-2-7-16-34)43-22-12-17-37-27-32-44-46(45(37)43)41-20-10-11-21-42(41)48(44)38-18-8-3-9-19-38;1-4-12-33(13-5-1)35-20-26-39(27-21-35)47(40-28-22-36(23-29-40)34-14-6-2-7-15-34)41-30-24-37-25-31-45-46(43(37)32-41)42-18-10-11-19-44(42)48(45)38-16-8-3-9-17-38;1-4-12-33(13-5-1)35-20-25-39(26-21-35)47(40-27-22-36(23-28-40)34-14-6-2-7-15-34)41-29-30-42-37(32-41)24-31-45-46(42)43-18-10-11-19-44(43)48(45)38-16-8-3-9-17-38/h3*1-32H. The van der Waals surface area contributed by atoms with Gasteiger partial charge in [-0.2, -0.15) is 0 Å². The van der Waals surface area contributed by atoms with E-state index in [1.54, 1.807) is 0 Å². The Kier molecular flexibility index (Phi) is 23.0. The van der Waals surface area contributed by atoms with Crippen molar-refractivity contribution in [1.29, 1.82) is 0 Å². The van der Waals surface area contributed by atoms with Crippen molar-refractivity contribution in [3.63, 3.8) is 0 Å². The average Bonchev–Trinajstić information content (AvgIpc) is 1.53. The second-order valence-electron chi connectivity index (χ2n) is 36.6. The average molecular weight is 1840 g/mol. The molecular weight excluding hydrogens is 1740 g/mol. The Hall–Kier alpha value is -19.1. The molecule has 6 heteroatoms. The van der Waals surface area contributed by atoms with E-state index in [0.29, 0.717) is 0 Å². The van der Waals surface area contributed by atoms with E-state index < -0.39 is 0 Å². The summed E-state index contributed by atoms with van der Waals surface area (Å²) < 4.78 is 7.17. The fourth-order valence-electron chi connectivity index (χ4n) is 21.3. The van der Waals surface area contributed by atoms with Crippen molar-refractivity contribution in [3.05, 3.63) is 582 Å². The molecule has 0 bridgehead atoms. The summed E-state index contributed by atoms with van der Waals surface area (Å²) in [6.45, 7) is 0. The predicted molar refractivity (Wildman–Crippen MR) is 612 cm³/mol. The molecule has 0 saturated carbocycles. The maximum absolute atomic E-state index is 2.42. The van der Waals surface area contributed by atoms with Gasteiger partial charge in [-0.05, 0) is 270 Å². The molecular formula is C138H96N6. The maximum Gasteiger partial charge on any atom is 0.0548 e. The summed E-state index contributed by atoms with van der Waals surface area (Å²) in [5.74, 6) is 0. The van der Waals surface area contributed by atoms with Crippen molar-refractivity contribution in [3.8, 4) is 83.8 Å². The van der Waals surface area contributed by atoms with Crippen molar-refractivity contribution in [2.45, 2.75) is 0 Å². The Morgan fingerprint density at radius 1 is 0.118 bits per heavy atom. The molecule has 27 aromatic rings. The Bertz CT molecular complexity index is 9010. The molecule has 144 heavy (non-hydrogen) atoms. The third kappa shape index (κ3) is 16.5. The fourth-order valence-corrected chi connectivity index (χ4v) is 21.3. The van der Waals surface area contributed by atoms with E-state index in [-0.39, 0.29) is 0 Å². The smallest absolute Gasteiger partial charge is 0.0548 e. The first-order chi connectivity index (χ1) is 71.5. The van der Waals surface area contributed by atoms with E-state index in [4.69, 9.17) is 0 Å². The van der Waals surface area contributed by atoms with Crippen molar-refractivity contribution < 1.29 is 0 Å². The van der Waals surface area contributed by atoms with Crippen molar-refractivity contribution in [1.82, 2.24) is 13.7 Å². The van der Waals surface area contributed by atoms with Crippen molar-refractivity contribution in [2.75, 3.05) is 14.7 Å². The number of anilines is 9. The molecule has 678 valence electrons. The van der Waals surface area contributed by atoms with Gasteiger partial charge in [-0.25, -0.2) is 0 Å². The van der Waals surface area contributed by atoms with E-state index in [9.17, 15) is 0 Å². The molecule has 0 aliphatic rings. The van der Waals surface area contributed by atoms with E-state index in [0.717, 1.165) is 62.6 Å². The zero-order valence-electron chi connectivity index (χ0n) is 79.1. The van der Waals surface area contributed by atoms with Crippen LogP contribution in [0.15, 0.2) is 582 Å². The van der Waals surface area contributed by atoms with Gasteiger partial charge >= 0.3 is 0 Å². The number of nitrogens with zero attached hydrogens (tertiary/aromatic N) is 6. The van der Waals surface area contributed by atoms with Crippen LogP contribution in [0.2, 0.25) is 0 Å². The first-order valence-electron chi connectivity index (χ1n) is 49.3. The highest BCUT2D eigenvalue weighted by Gasteiger charge is 2.26. The number of fused-ring (bicyclic) bond motifs is 15. The number of aromatic nitrogens is 3. The van der Waals surface area contributed by atoms with Crippen LogP contribution in [0.3, 0.4) is 0 Å². The van der Waals surface area contributed by atoms with Gasteiger partial charge in [-0.1, -0.05) is 406 Å². The molecule has 0 atom stereocenters. The molecule has 3 heterocycles. The lowest BCUT2D eigenvalue weighted by atomic mass is 9.99. The normalized spacial score (nSPS) is 11.3. The van der Waals surface area contributed by atoms with Crippen LogP contribution in [0.1, 0.15) is 0 Å². The minimum atomic E-state index is 1.11.